The van der Waals surface area contributed by atoms with Crippen LogP contribution in [0.2, 0.25) is 0 Å². The van der Waals surface area contributed by atoms with Gasteiger partial charge in [-0.05, 0) is 87.7 Å². The second kappa shape index (κ2) is 26.4. The normalized spacial score (nSPS) is 12.0. The second-order valence-corrected chi connectivity index (χ2v) is 15.6. The number of anilines is 4. The Hall–Kier alpha value is -6.03. The summed E-state index contributed by atoms with van der Waals surface area (Å²) in [4.78, 5) is 57.5. The van der Waals surface area contributed by atoms with Crippen LogP contribution in [0.25, 0.3) is 0 Å². The number of methoxy groups -OCH3 is 2. The Morgan fingerprint density at radius 1 is 0.667 bits per heavy atom. The molecular weight excluding hydrogens is 801 g/mol. The summed E-state index contributed by atoms with van der Waals surface area (Å²) in [6, 6.07) is 14.3. The molecule has 0 saturated heterocycles. The fourth-order valence-corrected chi connectivity index (χ4v) is 7.36. The highest BCUT2D eigenvalue weighted by Crippen LogP contribution is 2.29. The zero-order chi connectivity index (χ0) is 45.6. The van der Waals surface area contributed by atoms with Crippen molar-refractivity contribution in [1.29, 1.82) is 0 Å². The Bertz CT molecular complexity index is 2080. The van der Waals surface area contributed by atoms with Gasteiger partial charge < -0.3 is 46.9 Å². The van der Waals surface area contributed by atoms with Crippen molar-refractivity contribution in [2.45, 2.75) is 117 Å². The average molecular weight is 869 g/mol. The highest BCUT2D eigenvalue weighted by atomic mass is 16.6. The maximum atomic E-state index is 13.4. The summed E-state index contributed by atoms with van der Waals surface area (Å²) in [6.45, 7) is 11.5. The Morgan fingerprint density at radius 3 is 1.83 bits per heavy atom. The molecule has 4 rings (SSSR count). The molecule has 2 aromatic carbocycles. The second-order valence-electron chi connectivity index (χ2n) is 15.6. The van der Waals surface area contributed by atoms with Crippen LogP contribution in [0.15, 0.2) is 48.5 Å². The van der Waals surface area contributed by atoms with E-state index in [1.807, 2.05) is 32.0 Å². The monoisotopic (exact) mass is 869 g/mol. The first-order valence-electron chi connectivity index (χ1n) is 22.2. The van der Waals surface area contributed by atoms with E-state index in [0.717, 1.165) is 111 Å². The number of nitrogens with one attached hydrogen (secondary N) is 4. The number of nitrogens with zero attached hydrogens (tertiary/aromatic N) is 4. The van der Waals surface area contributed by atoms with Gasteiger partial charge in [-0.25, -0.2) is 14.8 Å². The molecule has 0 aliphatic carbocycles. The van der Waals surface area contributed by atoms with Crippen molar-refractivity contribution in [2.24, 2.45) is 0 Å². The summed E-state index contributed by atoms with van der Waals surface area (Å²) in [7, 11) is 2.49. The molecule has 2 heterocycles. The molecule has 63 heavy (non-hydrogen) atoms. The molecule has 16 nitrogen and oxygen atoms in total. The van der Waals surface area contributed by atoms with Crippen LogP contribution < -0.4 is 37.5 Å². The summed E-state index contributed by atoms with van der Waals surface area (Å²) in [6.07, 6.45) is 8.25. The van der Waals surface area contributed by atoms with Gasteiger partial charge in [0, 0.05) is 48.7 Å². The Balaban J connectivity index is 1.36. The zero-order valence-electron chi connectivity index (χ0n) is 38.0. The molecule has 342 valence electrons. The number of ether oxygens (including phenoxy) is 3. The minimum absolute atomic E-state index is 0.0548. The lowest BCUT2D eigenvalue weighted by Crippen LogP contribution is -2.39. The van der Waals surface area contributed by atoms with E-state index in [-0.39, 0.29) is 24.2 Å². The zero-order valence-corrected chi connectivity index (χ0v) is 38.0. The van der Waals surface area contributed by atoms with Crippen LogP contribution >= 0.6 is 0 Å². The van der Waals surface area contributed by atoms with E-state index < -0.39 is 24.0 Å². The lowest BCUT2D eigenvalue weighted by Gasteiger charge is -2.25. The Labute approximate surface area is 372 Å². The maximum absolute atomic E-state index is 13.4. The molecule has 4 aromatic rings. The first-order chi connectivity index (χ1) is 30.5. The highest BCUT2D eigenvalue weighted by molar-refractivity contribution is 5.88. The number of aryl methyl sites for hydroxylation is 2. The predicted octanol–water partition coefficient (Wildman–Crippen LogP) is 6.14. The van der Waals surface area contributed by atoms with Crippen molar-refractivity contribution >= 4 is 41.4 Å². The van der Waals surface area contributed by atoms with Crippen molar-refractivity contribution in [2.75, 3.05) is 62.5 Å². The summed E-state index contributed by atoms with van der Waals surface area (Å²) in [5.41, 5.74) is 17.6. The number of hydrogen-bond donors (Lipinski definition) is 6. The number of carbonyl (C=O) groups is 3. The number of rotatable bonds is 28. The van der Waals surface area contributed by atoms with Gasteiger partial charge in [-0.15, -0.1) is 0 Å². The molecule has 0 aliphatic heterocycles. The van der Waals surface area contributed by atoms with Crippen molar-refractivity contribution in [1.82, 2.24) is 30.6 Å². The van der Waals surface area contributed by atoms with Crippen LogP contribution in [0.4, 0.5) is 23.5 Å². The van der Waals surface area contributed by atoms with Crippen LogP contribution in [-0.2, 0) is 49.7 Å². The van der Waals surface area contributed by atoms with Crippen LogP contribution in [-0.4, -0.2) is 84.3 Å². The van der Waals surface area contributed by atoms with Gasteiger partial charge in [0.1, 0.15) is 23.3 Å². The van der Waals surface area contributed by atoms with E-state index in [9.17, 15) is 14.4 Å². The van der Waals surface area contributed by atoms with E-state index in [1.54, 1.807) is 30.3 Å². The van der Waals surface area contributed by atoms with Crippen LogP contribution in [0, 0.1) is 13.8 Å². The molecule has 0 bridgehead atoms. The topological polar surface area (TPSA) is 231 Å². The number of carbonyl (C=O) groups excluding carboxylic acids is 3. The molecule has 0 radical (unpaired) electrons. The molecule has 0 aliphatic rings. The van der Waals surface area contributed by atoms with Crippen LogP contribution in [0.1, 0.15) is 110 Å². The lowest BCUT2D eigenvalue weighted by molar-refractivity contribution is -0.157. The van der Waals surface area contributed by atoms with Gasteiger partial charge in [0.05, 0.1) is 20.6 Å². The van der Waals surface area contributed by atoms with Gasteiger partial charge >= 0.3 is 11.9 Å². The number of amides is 1. The summed E-state index contributed by atoms with van der Waals surface area (Å²) < 4.78 is 16.6. The van der Waals surface area contributed by atoms with E-state index in [0.29, 0.717) is 42.8 Å². The van der Waals surface area contributed by atoms with Crippen molar-refractivity contribution in [3.8, 4) is 5.75 Å². The van der Waals surface area contributed by atoms with E-state index in [4.69, 9.17) is 25.7 Å². The molecule has 0 saturated carbocycles. The molecule has 8 N–H and O–H groups in total. The number of unbranched alkanes of at least 4 members (excludes halogenated alkanes) is 4. The van der Waals surface area contributed by atoms with Gasteiger partial charge in [0.15, 0.2) is 0 Å². The molecule has 0 fully saturated rings. The molecule has 0 spiro atoms. The van der Waals surface area contributed by atoms with Gasteiger partial charge in [-0.1, -0.05) is 75.9 Å². The summed E-state index contributed by atoms with van der Waals surface area (Å²) >= 11 is 0. The van der Waals surface area contributed by atoms with Gasteiger partial charge in [0.25, 0.3) is 0 Å². The summed E-state index contributed by atoms with van der Waals surface area (Å²) in [5.74, 6) is -0.409. The molecule has 16 heteroatoms. The summed E-state index contributed by atoms with van der Waals surface area (Å²) in [5, 5.41) is 13.3. The minimum atomic E-state index is -1.38. The first-order valence-corrected chi connectivity index (χ1v) is 22.2. The van der Waals surface area contributed by atoms with Crippen LogP contribution in [0.5, 0.6) is 5.75 Å². The number of hydrogen-bond acceptors (Lipinski definition) is 15. The molecule has 2 unspecified atom stereocenters. The van der Waals surface area contributed by atoms with Crippen molar-refractivity contribution in [3.05, 3.63) is 87.7 Å². The van der Waals surface area contributed by atoms with Crippen molar-refractivity contribution in [3.63, 3.8) is 0 Å². The number of esters is 2. The molecule has 2 atom stereocenters. The van der Waals surface area contributed by atoms with Gasteiger partial charge in [-0.3, -0.25) is 9.59 Å². The lowest BCUT2D eigenvalue weighted by atomic mass is 9.91. The first kappa shape index (κ1) is 49.6. The molecule has 2 aromatic heterocycles. The quantitative estimate of drug-likeness (QED) is 0.0278. The van der Waals surface area contributed by atoms with Crippen LogP contribution in [0.3, 0.4) is 0 Å². The Morgan fingerprint density at radius 2 is 1.24 bits per heavy atom. The minimum Gasteiger partial charge on any atom is -0.477 e. The smallest absolute Gasteiger partial charge is 0.348 e. The standard InChI is InChI=1S/C47H68N10O6/c1-7-9-11-24-52-42-37(31(3)54-46(48)56-42)21-15-23-50-30-34-18-14-20-36(28-34)63-41(45(60)62-6)40(44(59)61-5)35-19-13-17-33(27-35)29-39(58)51-26-16-22-38-32(4)55-47(49)57-43(38)53-25-12-10-8-2/h13-14,17-20,27-28,40-41,50H,7-12,15-16,21-26,29-30H2,1-6H3,(H,51,58)(H3,48,52,54,56)(H3,49,53,55,57). The van der Waals surface area contributed by atoms with E-state index in [2.05, 4.69) is 55.1 Å². The van der Waals surface area contributed by atoms with E-state index in [1.165, 1.54) is 14.2 Å². The molecule has 1 amide bonds. The third-order valence-electron chi connectivity index (χ3n) is 10.7. The molecular formula is C47H68N10O6. The Kier molecular flexibility index (Phi) is 20.8. The number of nitrogen functional groups attached to an aromatic ring is 2. The third kappa shape index (κ3) is 16.0. The largest absolute Gasteiger partial charge is 0.477 e. The van der Waals surface area contributed by atoms with Gasteiger partial charge in [0.2, 0.25) is 23.9 Å². The third-order valence-corrected chi connectivity index (χ3v) is 10.7. The number of benzene rings is 2. The number of aromatic nitrogens is 4. The number of nitrogens with two attached hydrogens (primary N) is 2. The van der Waals surface area contributed by atoms with Gasteiger partial charge in [-0.2, -0.15) is 9.97 Å². The SMILES string of the molecule is CCCCCNc1nc(N)nc(C)c1CCCNCc1cccc(OC(C(=O)OC)C(C(=O)OC)c2cccc(CC(=O)NCCCc3c(C)nc(N)nc3NCCCCC)c2)c1. The predicted molar refractivity (Wildman–Crippen MR) is 248 cm³/mol. The average Bonchev–Trinajstić information content (AvgIpc) is 3.26. The fourth-order valence-electron chi connectivity index (χ4n) is 7.36. The van der Waals surface area contributed by atoms with Crippen molar-refractivity contribution < 1.29 is 28.6 Å². The fraction of sp³-hybridized carbons (Fsp3) is 0.511. The van der Waals surface area contributed by atoms with E-state index >= 15 is 0 Å². The highest BCUT2D eigenvalue weighted by Gasteiger charge is 2.39. The maximum Gasteiger partial charge on any atom is 0.348 e.